The Morgan fingerprint density at radius 2 is 2.00 bits per heavy atom. The van der Waals surface area contributed by atoms with Gasteiger partial charge in [-0.2, -0.15) is 0 Å². The third-order valence-corrected chi connectivity index (χ3v) is 3.19. The molecule has 78 valence electrons. The van der Waals surface area contributed by atoms with Gasteiger partial charge < -0.3 is 10.2 Å². The lowest BCUT2D eigenvalue weighted by molar-refractivity contribution is 0.270. The van der Waals surface area contributed by atoms with E-state index in [0.29, 0.717) is 4.47 Å². The molecule has 14 heavy (non-hydrogen) atoms. The normalized spacial score (nSPS) is 12.9. The maximum atomic E-state index is 9.85. The van der Waals surface area contributed by atoms with Gasteiger partial charge in [-0.05, 0) is 47.0 Å². The van der Waals surface area contributed by atoms with Crippen LogP contribution >= 0.6 is 15.9 Å². The second kappa shape index (κ2) is 4.32. The number of rotatable bonds is 2. The largest absolute Gasteiger partial charge is 0.506 e. The van der Waals surface area contributed by atoms with Gasteiger partial charge in [-0.1, -0.05) is 6.92 Å². The minimum absolute atomic E-state index is 0.0359. The van der Waals surface area contributed by atoms with Crippen LogP contribution in [-0.4, -0.2) is 16.8 Å². The van der Waals surface area contributed by atoms with Crippen LogP contribution in [0.5, 0.6) is 5.75 Å². The third kappa shape index (κ3) is 1.93. The summed E-state index contributed by atoms with van der Waals surface area (Å²) in [4.78, 5) is 0. The zero-order valence-corrected chi connectivity index (χ0v) is 10.2. The minimum Gasteiger partial charge on any atom is -0.506 e. The van der Waals surface area contributed by atoms with Crippen LogP contribution in [0.15, 0.2) is 10.5 Å². The number of halogens is 1. The lowest BCUT2D eigenvalue weighted by Gasteiger charge is -2.17. The summed E-state index contributed by atoms with van der Waals surface area (Å²) in [6, 6.07) is 1.89. The maximum absolute atomic E-state index is 9.85. The number of hydrogen-bond donors (Lipinski definition) is 2. The number of aromatic hydroxyl groups is 1. The smallest absolute Gasteiger partial charge is 0.133 e. The molecule has 1 aromatic carbocycles. The van der Waals surface area contributed by atoms with Gasteiger partial charge in [0.2, 0.25) is 0 Å². The van der Waals surface area contributed by atoms with Gasteiger partial charge in [0.25, 0.3) is 0 Å². The number of aryl methyl sites for hydroxylation is 1. The van der Waals surface area contributed by atoms with E-state index in [4.69, 9.17) is 5.11 Å². The predicted molar refractivity (Wildman–Crippen MR) is 60.8 cm³/mol. The number of benzene rings is 1. The van der Waals surface area contributed by atoms with Gasteiger partial charge in [0, 0.05) is 18.1 Å². The van der Waals surface area contributed by atoms with Crippen molar-refractivity contribution in [1.29, 1.82) is 0 Å². The van der Waals surface area contributed by atoms with Gasteiger partial charge in [-0.15, -0.1) is 0 Å². The molecule has 0 aliphatic carbocycles. The highest BCUT2D eigenvalue weighted by Crippen LogP contribution is 2.36. The molecular formula is C11H15BrO2. The van der Waals surface area contributed by atoms with E-state index in [0.717, 1.165) is 16.7 Å². The molecule has 0 aliphatic rings. The minimum atomic E-state index is -0.0359. The quantitative estimate of drug-likeness (QED) is 0.857. The first-order valence-corrected chi connectivity index (χ1v) is 5.37. The molecule has 0 fully saturated rings. The second-order valence-electron chi connectivity index (χ2n) is 3.65. The highest BCUT2D eigenvalue weighted by Gasteiger charge is 2.16. The molecule has 0 aromatic heterocycles. The standard InChI is InChI=1S/C11H15BrO2/c1-6-4-9(12)11(14)10(8(6)3)7(2)5-13/h4,7,13-14H,5H2,1-3H3. The number of phenols is 1. The summed E-state index contributed by atoms with van der Waals surface area (Å²) in [6.07, 6.45) is 0. The van der Waals surface area contributed by atoms with Gasteiger partial charge in [-0.25, -0.2) is 0 Å². The van der Waals surface area contributed by atoms with Gasteiger partial charge in [0.1, 0.15) is 5.75 Å². The van der Waals surface area contributed by atoms with Crippen molar-refractivity contribution in [3.8, 4) is 5.75 Å². The van der Waals surface area contributed by atoms with Gasteiger partial charge in [0.15, 0.2) is 0 Å². The highest BCUT2D eigenvalue weighted by molar-refractivity contribution is 9.10. The fourth-order valence-corrected chi connectivity index (χ4v) is 2.14. The monoisotopic (exact) mass is 258 g/mol. The molecule has 0 amide bonds. The number of hydrogen-bond acceptors (Lipinski definition) is 2. The Labute approximate surface area is 92.7 Å². The lowest BCUT2D eigenvalue weighted by atomic mass is 9.93. The van der Waals surface area contributed by atoms with Crippen LogP contribution < -0.4 is 0 Å². The van der Waals surface area contributed by atoms with E-state index in [1.54, 1.807) is 0 Å². The van der Waals surface area contributed by atoms with Crippen molar-refractivity contribution < 1.29 is 10.2 Å². The van der Waals surface area contributed by atoms with Crippen molar-refractivity contribution in [2.75, 3.05) is 6.61 Å². The molecule has 0 aliphatic heterocycles. The molecule has 0 radical (unpaired) electrons. The van der Waals surface area contributed by atoms with Crippen LogP contribution in [0.1, 0.15) is 29.5 Å². The predicted octanol–water partition coefficient (Wildman–Crippen LogP) is 2.87. The maximum Gasteiger partial charge on any atom is 0.133 e. The molecule has 3 heteroatoms. The van der Waals surface area contributed by atoms with Crippen LogP contribution in [0.25, 0.3) is 0 Å². The summed E-state index contributed by atoms with van der Waals surface area (Å²) in [7, 11) is 0. The Hall–Kier alpha value is -0.540. The summed E-state index contributed by atoms with van der Waals surface area (Å²) in [5, 5.41) is 18.9. The Morgan fingerprint density at radius 3 is 2.50 bits per heavy atom. The van der Waals surface area contributed by atoms with E-state index in [1.807, 2.05) is 26.8 Å². The first-order chi connectivity index (χ1) is 6.49. The average Bonchev–Trinajstić information content (AvgIpc) is 2.15. The van der Waals surface area contributed by atoms with Gasteiger partial charge >= 0.3 is 0 Å². The molecule has 2 nitrogen and oxygen atoms in total. The van der Waals surface area contributed by atoms with Crippen molar-refractivity contribution in [2.24, 2.45) is 0 Å². The second-order valence-corrected chi connectivity index (χ2v) is 4.50. The Morgan fingerprint density at radius 1 is 1.43 bits per heavy atom. The van der Waals surface area contributed by atoms with E-state index in [9.17, 15) is 5.11 Å². The van der Waals surface area contributed by atoms with Crippen molar-refractivity contribution in [1.82, 2.24) is 0 Å². The van der Waals surface area contributed by atoms with Crippen molar-refractivity contribution in [3.63, 3.8) is 0 Å². The Balaban J connectivity index is 3.39. The first-order valence-electron chi connectivity index (χ1n) is 4.58. The fourth-order valence-electron chi connectivity index (χ4n) is 1.58. The molecule has 0 heterocycles. The highest BCUT2D eigenvalue weighted by atomic mass is 79.9. The molecule has 0 saturated heterocycles. The molecule has 1 unspecified atom stereocenters. The van der Waals surface area contributed by atoms with Crippen LogP contribution in [0.4, 0.5) is 0 Å². The zero-order chi connectivity index (χ0) is 10.9. The van der Waals surface area contributed by atoms with Crippen molar-refractivity contribution in [2.45, 2.75) is 26.7 Å². The third-order valence-electron chi connectivity index (χ3n) is 2.59. The molecule has 0 spiro atoms. The molecule has 1 atom stereocenters. The average molecular weight is 259 g/mol. The van der Waals surface area contributed by atoms with Crippen LogP contribution in [0, 0.1) is 13.8 Å². The van der Waals surface area contributed by atoms with Gasteiger partial charge in [0.05, 0.1) is 4.47 Å². The molecule has 2 N–H and O–H groups in total. The molecule has 0 saturated carbocycles. The van der Waals surface area contributed by atoms with E-state index in [1.165, 1.54) is 0 Å². The van der Waals surface area contributed by atoms with Crippen molar-refractivity contribution >= 4 is 15.9 Å². The Bertz CT molecular complexity index is 321. The van der Waals surface area contributed by atoms with E-state index in [2.05, 4.69) is 15.9 Å². The first kappa shape index (κ1) is 11.5. The fraction of sp³-hybridized carbons (Fsp3) is 0.455. The van der Waals surface area contributed by atoms with Crippen LogP contribution in [0.2, 0.25) is 0 Å². The molecule has 1 rings (SSSR count). The summed E-state index contributed by atoms with van der Waals surface area (Å²) < 4.78 is 0.691. The van der Waals surface area contributed by atoms with E-state index in [-0.39, 0.29) is 18.3 Å². The molecular weight excluding hydrogens is 244 g/mol. The number of phenolic OH excluding ortho intramolecular Hbond substituents is 1. The van der Waals surface area contributed by atoms with Crippen LogP contribution in [-0.2, 0) is 0 Å². The molecule has 1 aromatic rings. The zero-order valence-electron chi connectivity index (χ0n) is 8.63. The Kier molecular flexibility index (Phi) is 3.56. The van der Waals surface area contributed by atoms with Gasteiger partial charge in [-0.3, -0.25) is 0 Å². The van der Waals surface area contributed by atoms with E-state index >= 15 is 0 Å². The van der Waals surface area contributed by atoms with Crippen LogP contribution in [0.3, 0.4) is 0 Å². The van der Waals surface area contributed by atoms with Crippen molar-refractivity contribution in [3.05, 3.63) is 27.2 Å². The number of aliphatic hydroxyl groups is 1. The number of aliphatic hydroxyl groups excluding tert-OH is 1. The lowest BCUT2D eigenvalue weighted by Crippen LogP contribution is -2.03. The molecule has 0 bridgehead atoms. The van der Waals surface area contributed by atoms with E-state index < -0.39 is 0 Å². The summed E-state index contributed by atoms with van der Waals surface area (Å²) in [5.41, 5.74) is 3.00. The topological polar surface area (TPSA) is 40.5 Å². The summed E-state index contributed by atoms with van der Waals surface area (Å²) in [5.74, 6) is 0.209. The SMILES string of the molecule is Cc1cc(Br)c(O)c(C(C)CO)c1C. The summed E-state index contributed by atoms with van der Waals surface area (Å²) >= 11 is 3.30. The summed E-state index contributed by atoms with van der Waals surface area (Å²) in [6.45, 7) is 5.90.